The second-order valence-corrected chi connectivity index (χ2v) is 6.77. The Morgan fingerprint density at radius 1 is 1.04 bits per heavy atom. The van der Waals surface area contributed by atoms with Gasteiger partial charge in [0.05, 0.1) is 43.7 Å². The van der Waals surface area contributed by atoms with E-state index in [1.165, 1.54) is 7.11 Å². The van der Waals surface area contributed by atoms with Crippen LogP contribution in [0.3, 0.4) is 0 Å². The molecule has 2 aromatic carbocycles. The van der Waals surface area contributed by atoms with Gasteiger partial charge in [-0.3, -0.25) is 5.01 Å². The Morgan fingerprint density at radius 3 is 2.42 bits per heavy atom. The van der Waals surface area contributed by atoms with Crippen molar-refractivity contribution in [1.29, 1.82) is 0 Å². The molecule has 1 N–H and O–H groups in total. The third kappa shape index (κ3) is 4.04. The van der Waals surface area contributed by atoms with E-state index in [2.05, 4.69) is 32.0 Å². The van der Waals surface area contributed by atoms with Crippen LogP contribution in [0.1, 0.15) is 5.56 Å². The minimum absolute atomic E-state index is 0.0927. The first-order valence-electron chi connectivity index (χ1n) is 8.35. The maximum Gasteiger partial charge on any atom is 0.172 e. The largest absolute Gasteiger partial charge is 0.503 e. The van der Waals surface area contributed by atoms with Crippen LogP contribution in [0, 0.1) is 0 Å². The SMILES string of the molecule is COc1ccccc1N1CCN(/N=C/c2cc(Br)c(O)c(OC)c2)CC1. The van der Waals surface area contributed by atoms with Crippen LogP contribution in [0.2, 0.25) is 0 Å². The summed E-state index contributed by atoms with van der Waals surface area (Å²) in [5.74, 6) is 1.40. The summed E-state index contributed by atoms with van der Waals surface area (Å²) in [6.45, 7) is 3.40. The summed E-state index contributed by atoms with van der Waals surface area (Å²) in [4.78, 5) is 2.31. The number of phenolic OH excluding ortho intramolecular Hbond substituents is 1. The quantitative estimate of drug-likeness (QED) is 0.753. The van der Waals surface area contributed by atoms with Crippen molar-refractivity contribution in [3.8, 4) is 17.2 Å². The summed E-state index contributed by atoms with van der Waals surface area (Å²) in [5.41, 5.74) is 1.98. The lowest BCUT2D eigenvalue weighted by Crippen LogP contribution is -2.44. The van der Waals surface area contributed by atoms with Crippen LogP contribution in [0.5, 0.6) is 17.2 Å². The molecular weight excluding hydrogens is 398 g/mol. The highest BCUT2D eigenvalue weighted by atomic mass is 79.9. The Kier molecular flexibility index (Phi) is 5.88. The van der Waals surface area contributed by atoms with Gasteiger partial charge in [-0.25, -0.2) is 0 Å². The van der Waals surface area contributed by atoms with E-state index in [-0.39, 0.29) is 5.75 Å². The number of benzene rings is 2. The van der Waals surface area contributed by atoms with Gasteiger partial charge in [0, 0.05) is 13.1 Å². The molecule has 1 heterocycles. The molecule has 1 saturated heterocycles. The van der Waals surface area contributed by atoms with E-state index in [0.29, 0.717) is 10.2 Å². The molecule has 0 unspecified atom stereocenters. The van der Waals surface area contributed by atoms with Crippen LogP contribution in [0.25, 0.3) is 0 Å². The lowest BCUT2D eigenvalue weighted by molar-refractivity contribution is 0.271. The predicted molar refractivity (Wildman–Crippen MR) is 107 cm³/mol. The number of halogens is 1. The van der Waals surface area contributed by atoms with Gasteiger partial charge in [0.25, 0.3) is 0 Å². The minimum atomic E-state index is 0.0927. The van der Waals surface area contributed by atoms with Crippen LogP contribution in [0.4, 0.5) is 5.69 Å². The molecule has 1 fully saturated rings. The van der Waals surface area contributed by atoms with Gasteiger partial charge in [0.2, 0.25) is 0 Å². The summed E-state index contributed by atoms with van der Waals surface area (Å²) >= 11 is 3.33. The van der Waals surface area contributed by atoms with Gasteiger partial charge < -0.3 is 19.5 Å². The Labute approximate surface area is 161 Å². The maximum absolute atomic E-state index is 9.88. The van der Waals surface area contributed by atoms with Gasteiger partial charge in [0.15, 0.2) is 11.5 Å². The van der Waals surface area contributed by atoms with Crippen LogP contribution < -0.4 is 14.4 Å². The Bertz CT molecular complexity index is 790. The molecular formula is C19H22BrN3O3. The third-order valence-corrected chi connectivity index (χ3v) is 4.93. The van der Waals surface area contributed by atoms with Crippen molar-refractivity contribution in [2.45, 2.75) is 0 Å². The molecule has 6 nitrogen and oxygen atoms in total. The van der Waals surface area contributed by atoms with Crippen molar-refractivity contribution in [1.82, 2.24) is 5.01 Å². The highest BCUT2D eigenvalue weighted by Gasteiger charge is 2.18. The van der Waals surface area contributed by atoms with Crippen molar-refractivity contribution in [3.63, 3.8) is 0 Å². The van der Waals surface area contributed by atoms with Crippen molar-refractivity contribution < 1.29 is 14.6 Å². The molecule has 0 atom stereocenters. The van der Waals surface area contributed by atoms with Crippen LogP contribution in [-0.4, -0.2) is 56.7 Å². The number of hydrazone groups is 1. The number of aromatic hydroxyl groups is 1. The molecule has 26 heavy (non-hydrogen) atoms. The van der Waals surface area contributed by atoms with E-state index in [9.17, 15) is 5.11 Å². The van der Waals surface area contributed by atoms with Gasteiger partial charge in [-0.1, -0.05) is 12.1 Å². The number of anilines is 1. The van der Waals surface area contributed by atoms with Crippen molar-refractivity contribution >= 4 is 27.8 Å². The zero-order chi connectivity index (χ0) is 18.5. The molecule has 0 spiro atoms. The topological polar surface area (TPSA) is 57.5 Å². The van der Waals surface area contributed by atoms with E-state index in [1.807, 2.05) is 29.3 Å². The number of phenols is 1. The van der Waals surface area contributed by atoms with Crippen molar-refractivity contribution in [2.75, 3.05) is 45.3 Å². The molecule has 0 saturated carbocycles. The number of rotatable bonds is 5. The maximum atomic E-state index is 9.88. The zero-order valence-electron chi connectivity index (χ0n) is 14.9. The number of hydrogen-bond donors (Lipinski definition) is 1. The molecule has 0 bridgehead atoms. The molecule has 0 aliphatic carbocycles. The molecule has 2 aromatic rings. The standard InChI is InChI=1S/C19H22BrN3O3/c1-25-17-6-4-3-5-16(17)22-7-9-23(10-8-22)21-13-14-11-15(20)19(24)18(12-14)26-2/h3-6,11-13,24H,7-10H2,1-2H3/b21-13+. The van der Waals surface area contributed by atoms with Gasteiger partial charge in [-0.15, -0.1) is 0 Å². The summed E-state index contributed by atoms with van der Waals surface area (Å²) in [6, 6.07) is 11.6. The van der Waals surface area contributed by atoms with E-state index in [4.69, 9.17) is 9.47 Å². The van der Waals surface area contributed by atoms with E-state index >= 15 is 0 Å². The molecule has 3 rings (SSSR count). The number of piperazine rings is 1. The molecule has 0 amide bonds. The molecule has 138 valence electrons. The number of methoxy groups -OCH3 is 2. The fourth-order valence-corrected chi connectivity index (χ4v) is 3.38. The van der Waals surface area contributed by atoms with E-state index < -0.39 is 0 Å². The second kappa shape index (κ2) is 8.31. The monoisotopic (exact) mass is 419 g/mol. The van der Waals surface area contributed by atoms with Gasteiger partial charge >= 0.3 is 0 Å². The lowest BCUT2D eigenvalue weighted by Gasteiger charge is -2.35. The Balaban J connectivity index is 1.64. The fourth-order valence-electron chi connectivity index (χ4n) is 2.92. The number of para-hydroxylation sites is 2. The molecule has 0 radical (unpaired) electrons. The molecule has 1 aliphatic heterocycles. The number of hydrogen-bond acceptors (Lipinski definition) is 6. The first-order chi connectivity index (χ1) is 12.6. The average molecular weight is 420 g/mol. The Morgan fingerprint density at radius 2 is 1.73 bits per heavy atom. The summed E-state index contributed by atoms with van der Waals surface area (Å²) < 4.78 is 11.2. The first-order valence-corrected chi connectivity index (χ1v) is 9.15. The highest BCUT2D eigenvalue weighted by Crippen LogP contribution is 2.34. The van der Waals surface area contributed by atoms with Crippen molar-refractivity contribution in [3.05, 3.63) is 46.4 Å². The third-order valence-electron chi connectivity index (χ3n) is 4.32. The zero-order valence-corrected chi connectivity index (χ0v) is 16.4. The smallest absolute Gasteiger partial charge is 0.172 e. The van der Waals surface area contributed by atoms with Gasteiger partial charge in [-0.05, 0) is 45.8 Å². The normalized spacial score (nSPS) is 14.7. The molecule has 7 heteroatoms. The summed E-state index contributed by atoms with van der Waals surface area (Å²) in [7, 11) is 3.23. The van der Waals surface area contributed by atoms with Crippen LogP contribution in [-0.2, 0) is 0 Å². The van der Waals surface area contributed by atoms with E-state index in [0.717, 1.165) is 43.2 Å². The highest BCUT2D eigenvalue weighted by molar-refractivity contribution is 9.10. The number of nitrogens with zero attached hydrogens (tertiary/aromatic N) is 3. The Hall–Kier alpha value is -2.41. The fraction of sp³-hybridized carbons (Fsp3) is 0.316. The minimum Gasteiger partial charge on any atom is -0.503 e. The second-order valence-electron chi connectivity index (χ2n) is 5.91. The summed E-state index contributed by atoms with van der Waals surface area (Å²) in [6.07, 6.45) is 1.78. The molecule has 0 aromatic heterocycles. The summed E-state index contributed by atoms with van der Waals surface area (Å²) in [5, 5.41) is 16.5. The lowest BCUT2D eigenvalue weighted by atomic mass is 10.2. The predicted octanol–water partition coefficient (Wildman–Crippen LogP) is 3.33. The van der Waals surface area contributed by atoms with Crippen LogP contribution in [0.15, 0.2) is 46.0 Å². The first kappa shape index (κ1) is 18.4. The van der Waals surface area contributed by atoms with Gasteiger partial charge in [0.1, 0.15) is 5.75 Å². The van der Waals surface area contributed by atoms with Gasteiger partial charge in [-0.2, -0.15) is 5.10 Å². The molecule has 1 aliphatic rings. The van der Waals surface area contributed by atoms with E-state index in [1.54, 1.807) is 19.4 Å². The van der Waals surface area contributed by atoms with Crippen LogP contribution >= 0.6 is 15.9 Å². The van der Waals surface area contributed by atoms with Crippen molar-refractivity contribution in [2.24, 2.45) is 5.10 Å². The average Bonchev–Trinajstić information content (AvgIpc) is 2.69. The number of ether oxygens (including phenoxy) is 2.